The Kier molecular flexibility index (Phi) is 56.3. The Morgan fingerprint density at radius 1 is 0.358 bits per heavy atom. The van der Waals surface area contributed by atoms with Crippen molar-refractivity contribution in [1.29, 1.82) is 0 Å². The Morgan fingerprint density at radius 3 is 0.970 bits per heavy atom. The highest BCUT2D eigenvalue weighted by atomic mass is 16.6. The van der Waals surface area contributed by atoms with Crippen molar-refractivity contribution in [2.24, 2.45) is 0 Å². The molecule has 0 aromatic carbocycles. The molecule has 0 spiro atoms. The van der Waals surface area contributed by atoms with Crippen LogP contribution in [-0.2, 0) is 19.1 Å². The van der Waals surface area contributed by atoms with E-state index in [1.165, 1.54) is 231 Å². The van der Waals surface area contributed by atoms with Crippen LogP contribution in [-0.4, -0.2) is 36.4 Å². The Balaban J connectivity index is 3.40. The molecule has 0 radical (unpaired) electrons. The van der Waals surface area contributed by atoms with E-state index in [0.29, 0.717) is 12.8 Å². The van der Waals surface area contributed by atoms with Gasteiger partial charge in [-0.2, -0.15) is 0 Å². The molecule has 0 bridgehead atoms. The summed E-state index contributed by atoms with van der Waals surface area (Å²) in [4.78, 5) is 24.5. The molecular weight excluding hydrogens is 825 g/mol. The fourth-order valence-electron chi connectivity index (χ4n) is 8.96. The van der Waals surface area contributed by atoms with E-state index in [1.807, 2.05) is 0 Å². The number of ether oxygens (including phenoxy) is 2. The van der Waals surface area contributed by atoms with E-state index in [-0.39, 0.29) is 25.2 Å². The second-order valence-corrected chi connectivity index (χ2v) is 20.1. The van der Waals surface area contributed by atoms with E-state index < -0.39 is 6.10 Å². The van der Waals surface area contributed by atoms with Crippen LogP contribution in [0, 0.1) is 0 Å². The van der Waals surface area contributed by atoms with Crippen molar-refractivity contribution in [3.63, 3.8) is 0 Å². The summed E-state index contributed by atoms with van der Waals surface area (Å²) >= 11 is 0. The maximum absolute atomic E-state index is 12.3. The van der Waals surface area contributed by atoms with Crippen LogP contribution in [0.25, 0.3) is 0 Å². The van der Waals surface area contributed by atoms with Gasteiger partial charge in [0.15, 0.2) is 6.10 Å². The van der Waals surface area contributed by atoms with E-state index in [4.69, 9.17) is 9.47 Å². The Morgan fingerprint density at radius 2 is 0.642 bits per heavy atom. The molecule has 5 heteroatoms. The molecular formula is C62H114O5. The summed E-state index contributed by atoms with van der Waals surface area (Å²) < 4.78 is 10.7. The van der Waals surface area contributed by atoms with Crippen molar-refractivity contribution in [2.75, 3.05) is 13.2 Å². The van der Waals surface area contributed by atoms with Gasteiger partial charge in [-0.1, -0.05) is 300 Å². The van der Waals surface area contributed by atoms with Crippen molar-refractivity contribution in [2.45, 2.75) is 322 Å². The standard InChI is InChI=1S/C62H114O5/c1-3-5-7-9-11-13-15-17-19-21-23-24-25-26-27-28-29-30-31-32-33-34-35-36-37-38-39-41-43-45-47-49-51-53-55-57-62(65)67-60(58-63)59-66-61(64)56-54-52-50-48-46-44-42-40-22-20-18-16-14-12-10-8-6-4-2/h5,7,11,13,17,19,23-24,60,63H,3-4,6,8-10,12,14-16,18,20-22,25-59H2,1-2H3/b7-5-,13-11-,19-17-,24-23-. The number of carbonyl (C=O) groups is 2. The Labute approximate surface area is 418 Å². The number of allylic oxidation sites excluding steroid dienone is 8. The first-order valence-electron chi connectivity index (χ1n) is 29.7. The first-order valence-corrected chi connectivity index (χ1v) is 29.7. The number of aliphatic hydroxyl groups excluding tert-OH is 1. The largest absolute Gasteiger partial charge is 0.462 e. The maximum atomic E-state index is 12.3. The van der Waals surface area contributed by atoms with Gasteiger partial charge in [-0.3, -0.25) is 9.59 Å². The quantitative estimate of drug-likeness (QED) is 0.0374. The van der Waals surface area contributed by atoms with Gasteiger partial charge < -0.3 is 14.6 Å². The number of hydrogen-bond acceptors (Lipinski definition) is 5. The molecule has 1 unspecified atom stereocenters. The van der Waals surface area contributed by atoms with Crippen molar-refractivity contribution in [1.82, 2.24) is 0 Å². The molecule has 0 rings (SSSR count). The van der Waals surface area contributed by atoms with Crippen LogP contribution in [0.4, 0.5) is 0 Å². The third-order valence-corrected chi connectivity index (χ3v) is 13.4. The zero-order chi connectivity index (χ0) is 48.5. The van der Waals surface area contributed by atoms with Crippen LogP contribution >= 0.6 is 0 Å². The molecule has 0 aliphatic heterocycles. The zero-order valence-corrected chi connectivity index (χ0v) is 44.9. The number of esters is 2. The Bertz CT molecular complexity index is 1110. The second kappa shape index (κ2) is 58.2. The van der Waals surface area contributed by atoms with Gasteiger partial charge in [0.2, 0.25) is 0 Å². The van der Waals surface area contributed by atoms with Gasteiger partial charge in [0.25, 0.3) is 0 Å². The summed E-state index contributed by atoms with van der Waals surface area (Å²) in [5.74, 6) is -0.570. The molecule has 392 valence electrons. The van der Waals surface area contributed by atoms with Crippen molar-refractivity contribution in [3.8, 4) is 0 Å². The van der Waals surface area contributed by atoms with Gasteiger partial charge in [-0.05, 0) is 51.4 Å². The highest BCUT2D eigenvalue weighted by Gasteiger charge is 2.16. The molecule has 1 N–H and O–H groups in total. The van der Waals surface area contributed by atoms with E-state index >= 15 is 0 Å². The monoisotopic (exact) mass is 939 g/mol. The predicted octanol–water partition coefficient (Wildman–Crippen LogP) is 20.0. The average molecular weight is 940 g/mol. The van der Waals surface area contributed by atoms with Crippen LogP contribution in [0.2, 0.25) is 0 Å². The molecule has 0 heterocycles. The van der Waals surface area contributed by atoms with Crippen LogP contribution in [0.5, 0.6) is 0 Å². The van der Waals surface area contributed by atoms with Gasteiger partial charge in [0.1, 0.15) is 6.61 Å². The fraction of sp³-hybridized carbons (Fsp3) is 0.839. The summed E-state index contributed by atoms with van der Waals surface area (Å²) in [7, 11) is 0. The third kappa shape index (κ3) is 56.3. The fourth-order valence-corrected chi connectivity index (χ4v) is 8.96. The van der Waals surface area contributed by atoms with Crippen LogP contribution in [0.15, 0.2) is 48.6 Å². The highest BCUT2D eigenvalue weighted by Crippen LogP contribution is 2.18. The van der Waals surface area contributed by atoms with Crippen LogP contribution in [0.3, 0.4) is 0 Å². The number of carbonyl (C=O) groups excluding carboxylic acids is 2. The maximum Gasteiger partial charge on any atom is 0.306 e. The van der Waals surface area contributed by atoms with Gasteiger partial charge in [-0.15, -0.1) is 0 Å². The summed E-state index contributed by atoms with van der Waals surface area (Å²) in [6.45, 7) is 4.07. The first-order chi connectivity index (χ1) is 33.1. The summed E-state index contributed by atoms with van der Waals surface area (Å²) in [6.07, 6.45) is 76.8. The lowest BCUT2D eigenvalue weighted by Gasteiger charge is -2.15. The number of rotatable bonds is 55. The minimum Gasteiger partial charge on any atom is -0.462 e. The zero-order valence-electron chi connectivity index (χ0n) is 44.9. The first kappa shape index (κ1) is 64.9. The highest BCUT2D eigenvalue weighted by molar-refractivity contribution is 5.70. The summed E-state index contributed by atoms with van der Waals surface area (Å²) in [5.41, 5.74) is 0. The molecule has 0 amide bonds. The molecule has 0 fully saturated rings. The molecule has 0 aromatic heterocycles. The van der Waals surface area contributed by atoms with Gasteiger partial charge in [-0.25, -0.2) is 0 Å². The van der Waals surface area contributed by atoms with Gasteiger partial charge >= 0.3 is 11.9 Å². The van der Waals surface area contributed by atoms with Crippen LogP contribution < -0.4 is 0 Å². The van der Waals surface area contributed by atoms with E-state index in [2.05, 4.69) is 62.5 Å². The van der Waals surface area contributed by atoms with Crippen molar-refractivity contribution in [3.05, 3.63) is 48.6 Å². The smallest absolute Gasteiger partial charge is 0.306 e. The number of unbranched alkanes of at least 4 members (excludes halogenated alkanes) is 39. The molecule has 67 heavy (non-hydrogen) atoms. The van der Waals surface area contributed by atoms with E-state index in [9.17, 15) is 14.7 Å². The van der Waals surface area contributed by atoms with Gasteiger partial charge in [0, 0.05) is 12.8 Å². The molecule has 0 aromatic rings. The molecule has 0 aliphatic carbocycles. The SMILES string of the molecule is CC/C=C\C/C=C\C/C=C\C/C=C\CCCCCCCCCCCCCCCCCCCCCCCCC(=O)OC(CO)COC(=O)CCCCCCCCCCCCCCCCCCCC. The number of aliphatic hydroxyl groups is 1. The van der Waals surface area contributed by atoms with Crippen molar-refractivity contribution >= 4 is 11.9 Å². The van der Waals surface area contributed by atoms with Crippen molar-refractivity contribution < 1.29 is 24.2 Å². The average Bonchev–Trinajstić information content (AvgIpc) is 3.33. The van der Waals surface area contributed by atoms with Gasteiger partial charge in [0.05, 0.1) is 6.61 Å². The summed E-state index contributed by atoms with van der Waals surface area (Å²) in [6, 6.07) is 0. The normalized spacial score (nSPS) is 12.5. The molecule has 0 aliphatic rings. The second-order valence-electron chi connectivity index (χ2n) is 20.1. The minimum absolute atomic E-state index is 0.0593. The number of hydrogen-bond donors (Lipinski definition) is 1. The lowest BCUT2D eigenvalue weighted by Crippen LogP contribution is -2.28. The van der Waals surface area contributed by atoms with E-state index in [0.717, 1.165) is 57.8 Å². The predicted molar refractivity (Wildman–Crippen MR) is 293 cm³/mol. The van der Waals surface area contributed by atoms with E-state index in [1.54, 1.807) is 0 Å². The molecule has 5 nitrogen and oxygen atoms in total. The lowest BCUT2D eigenvalue weighted by molar-refractivity contribution is -0.161. The third-order valence-electron chi connectivity index (χ3n) is 13.4. The van der Waals surface area contributed by atoms with Crippen LogP contribution in [0.1, 0.15) is 316 Å². The lowest BCUT2D eigenvalue weighted by atomic mass is 10.0. The molecule has 0 saturated carbocycles. The topological polar surface area (TPSA) is 72.8 Å². The molecule has 0 saturated heterocycles. The minimum atomic E-state index is -0.768. The summed E-state index contributed by atoms with van der Waals surface area (Å²) in [5, 5.41) is 9.65. The Hall–Kier alpha value is -2.14. The molecule has 1 atom stereocenters.